The van der Waals surface area contributed by atoms with Crippen molar-refractivity contribution in [2.45, 2.75) is 19.6 Å². The number of carbonyl (C=O) groups excluding carboxylic acids is 1. The molecule has 0 bridgehead atoms. The first-order valence-electron chi connectivity index (χ1n) is 5.93. The third kappa shape index (κ3) is 3.77. The van der Waals surface area contributed by atoms with Gasteiger partial charge in [0.15, 0.2) is 0 Å². The van der Waals surface area contributed by atoms with Crippen molar-refractivity contribution < 1.29 is 18.0 Å². The molecule has 0 atom stereocenters. The van der Waals surface area contributed by atoms with E-state index in [0.29, 0.717) is 5.36 Å². The predicted octanol–water partition coefficient (Wildman–Crippen LogP) is 1.23. The molecule has 0 saturated carbocycles. The Kier molecular flexibility index (Phi) is 3.92. The van der Waals surface area contributed by atoms with E-state index in [-0.39, 0.29) is 11.3 Å². The van der Waals surface area contributed by atoms with Crippen LogP contribution in [0.4, 0.5) is 13.2 Å². The number of carbonyl (C=O) groups is 1. The Morgan fingerprint density at radius 1 is 1.33 bits per heavy atom. The van der Waals surface area contributed by atoms with Gasteiger partial charge in [-0.05, 0) is 13.0 Å². The summed E-state index contributed by atoms with van der Waals surface area (Å²) in [5, 5.41) is 7.80. The zero-order chi connectivity index (χ0) is 15.6. The molecule has 0 aromatic carbocycles. The number of rotatable bonds is 2. The highest BCUT2D eigenvalue weighted by Crippen LogP contribution is 2.19. The minimum absolute atomic E-state index is 0.0347. The minimum atomic E-state index is -4.40. The number of amides is 1. The molecular weight excluding hydrogens is 287 g/mol. The van der Waals surface area contributed by atoms with Crippen LogP contribution in [-0.2, 0) is 13.6 Å². The molecule has 0 aliphatic carbocycles. The Labute approximate surface area is 117 Å². The molecule has 2 aromatic rings. The molecule has 0 aliphatic rings. The molecule has 0 spiro atoms. The molecule has 9 heteroatoms. The summed E-state index contributed by atoms with van der Waals surface area (Å²) in [5.74, 6) is -0.656. The van der Waals surface area contributed by atoms with Gasteiger partial charge in [-0.15, -0.1) is 0 Å². The molecule has 0 radical (unpaired) electrons. The van der Waals surface area contributed by atoms with Gasteiger partial charge in [-0.3, -0.25) is 14.2 Å². The maximum absolute atomic E-state index is 12.3. The summed E-state index contributed by atoms with van der Waals surface area (Å²) < 4.78 is 39.3. The summed E-state index contributed by atoms with van der Waals surface area (Å²) in [6, 6.07) is 1.57. The van der Waals surface area contributed by atoms with Gasteiger partial charge in [-0.2, -0.15) is 23.4 Å². The fourth-order valence-corrected chi connectivity index (χ4v) is 1.65. The average molecular weight is 299 g/mol. The van der Waals surface area contributed by atoms with Gasteiger partial charge in [0.05, 0.1) is 23.3 Å². The van der Waals surface area contributed by atoms with Gasteiger partial charge in [0.25, 0.3) is 5.91 Å². The zero-order valence-electron chi connectivity index (χ0n) is 11.3. The Bertz CT molecular complexity index is 709. The fourth-order valence-electron chi connectivity index (χ4n) is 1.65. The zero-order valence-corrected chi connectivity index (χ0v) is 11.3. The lowest BCUT2D eigenvalue weighted by Crippen LogP contribution is -2.20. The summed E-state index contributed by atoms with van der Waals surface area (Å²) >= 11 is 0. The molecular formula is C12H12F3N5O. The molecule has 6 nitrogen and oxygen atoms in total. The van der Waals surface area contributed by atoms with E-state index in [9.17, 15) is 18.0 Å². The van der Waals surface area contributed by atoms with E-state index in [4.69, 9.17) is 0 Å². The molecule has 21 heavy (non-hydrogen) atoms. The van der Waals surface area contributed by atoms with Crippen LogP contribution in [0.3, 0.4) is 0 Å². The first-order chi connectivity index (χ1) is 9.76. The molecule has 0 fully saturated rings. The second-order valence-electron chi connectivity index (χ2n) is 4.39. The summed E-state index contributed by atoms with van der Waals surface area (Å²) in [4.78, 5) is 15.8. The summed E-state index contributed by atoms with van der Waals surface area (Å²) in [6.07, 6.45) is -0.324. The van der Waals surface area contributed by atoms with E-state index in [1.807, 2.05) is 0 Å². The Morgan fingerprint density at radius 3 is 2.62 bits per heavy atom. The van der Waals surface area contributed by atoms with E-state index in [1.54, 1.807) is 19.3 Å². The number of halogens is 3. The fraction of sp³-hybridized carbons (Fsp3) is 0.333. The summed E-state index contributed by atoms with van der Waals surface area (Å²) in [6.45, 7) is 0.152. The third-order valence-corrected chi connectivity index (χ3v) is 2.73. The smallest absolute Gasteiger partial charge is 0.276 e. The monoisotopic (exact) mass is 299 g/mol. The highest BCUT2D eigenvalue weighted by atomic mass is 19.4. The van der Waals surface area contributed by atoms with Crippen LogP contribution >= 0.6 is 0 Å². The van der Waals surface area contributed by atoms with Crippen LogP contribution in [0.2, 0.25) is 0 Å². The second-order valence-corrected chi connectivity index (χ2v) is 4.39. The highest BCUT2D eigenvalue weighted by molar-refractivity contribution is 5.95. The highest BCUT2D eigenvalue weighted by Gasteiger charge is 2.30. The van der Waals surface area contributed by atoms with Gasteiger partial charge in [0.1, 0.15) is 6.54 Å². The molecule has 112 valence electrons. The van der Waals surface area contributed by atoms with Crippen LogP contribution in [0.1, 0.15) is 16.1 Å². The molecule has 0 unspecified atom stereocenters. The lowest BCUT2D eigenvalue weighted by Gasteiger charge is -2.07. The molecule has 2 heterocycles. The van der Waals surface area contributed by atoms with Gasteiger partial charge < -0.3 is 0 Å². The van der Waals surface area contributed by atoms with E-state index < -0.39 is 18.6 Å². The van der Waals surface area contributed by atoms with Crippen molar-refractivity contribution in [2.24, 2.45) is 12.0 Å². The van der Waals surface area contributed by atoms with Gasteiger partial charge in [-0.1, -0.05) is 0 Å². The van der Waals surface area contributed by atoms with Crippen molar-refractivity contribution in [3.05, 3.63) is 41.3 Å². The van der Waals surface area contributed by atoms with Crippen molar-refractivity contribution in [1.82, 2.24) is 19.6 Å². The Balaban J connectivity index is 2.28. The first kappa shape index (κ1) is 14.9. The van der Waals surface area contributed by atoms with Gasteiger partial charge in [0, 0.05) is 18.9 Å². The van der Waals surface area contributed by atoms with E-state index in [2.05, 4.69) is 15.2 Å². The van der Waals surface area contributed by atoms with Crippen molar-refractivity contribution in [3.8, 4) is 0 Å². The number of aromatic nitrogens is 4. The molecule has 1 amide bonds. The number of hydrogen-bond donors (Lipinski definition) is 0. The quantitative estimate of drug-likeness (QED) is 0.837. The molecule has 0 N–H and O–H groups in total. The SMILES string of the molecule is Cc1c(C(=O)N=c2ccn(C)nc2)cnn1CC(F)(F)F. The largest absolute Gasteiger partial charge is 0.408 e. The second kappa shape index (κ2) is 5.51. The van der Waals surface area contributed by atoms with E-state index in [0.717, 1.165) is 10.9 Å². The maximum atomic E-state index is 12.3. The number of nitrogens with zero attached hydrogens (tertiary/aromatic N) is 5. The number of alkyl halides is 3. The lowest BCUT2D eigenvalue weighted by atomic mass is 10.2. The van der Waals surface area contributed by atoms with E-state index >= 15 is 0 Å². The normalized spacial score (nSPS) is 12.7. The molecule has 2 aromatic heterocycles. The van der Waals surface area contributed by atoms with Crippen molar-refractivity contribution in [2.75, 3.05) is 0 Å². The summed E-state index contributed by atoms with van der Waals surface area (Å²) in [5.41, 5.74) is 0.156. The van der Waals surface area contributed by atoms with Crippen LogP contribution in [0.15, 0.2) is 29.6 Å². The minimum Gasteiger partial charge on any atom is -0.276 e. The topological polar surface area (TPSA) is 65.1 Å². The predicted molar refractivity (Wildman–Crippen MR) is 66.1 cm³/mol. The van der Waals surface area contributed by atoms with Crippen LogP contribution in [0, 0.1) is 6.92 Å². The van der Waals surface area contributed by atoms with E-state index in [1.165, 1.54) is 17.8 Å². The van der Waals surface area contributed by atoms with Gasteiger partial charge in [0.2, 0.25) is 0 Å². The lowest BCUT2D eigenvalue weighted by molar-refractivity contribution is -0.142. The van der Waals surface area contributed by atoms with Crippen LogP contribution < -0.4 is 5.36 Å². The number of aryl methyl sites for hydroxylation is 1. The van der Waals surface area contributed by atoms with Crippen molar-refractivity contribution in [1.29, 1.82) is 0 Å². The molecule has 2 rings (SSSR count). The van der Waals surface area contributed by atoms with Crippen LogP contribution in [0.25, 0.3) is 0 Å². The Morgan fingerprint density at radius 2 is 2.05 bits per heavy atom. The maximum Gasteiger partial charge on any atom is 0.408 e. The summed E-state index contributed by atoms with van der Waals surface area (Å²) in [7, 11) is 1.71. The van der Waals surface area contributed by atoms with Crippen molar-refractivity contribution >= 4 is 5.91 Å². The standard InChI is InChI=1S/C12H12F3N5O/c1-8-10(6-17-20(8)7-12(13,14)15)11(21)18-9-3-4-19(2)16-5-9/h3-6H,7H2,1-2H3. The average Bonchev–Trinajstić information content (AvgIpc) is 2.72. The Hall–Kier alpha value is -2.45. The van der Waals surface area contributed by atoms with Crippen LogP contribution in [-0.4, -0.2) is 31.6 Å². The number of hydrogen-bond acceptors (Lipinski definition) is 3. The molecule has 0 saturated heterocycles. The first-order valence-corrected chi connectivity index (χ1v) is 5.93. The van der Waals surface area contributed by atoms with Gasteiger partial charge >= 0.3 is 6.18 Å². The molecule has 0 aliphatic heterocycles. The van der Waals surface area contributed by atoms with Gasteiger partial charge in [-0.25, -0.2) is 4.99 Å². The van der Waals surface area contributed by atoms with Crippen molar-refractivity contribution in [3.63, 3.8) is 0 Å². The third-order valence-electron chi connectivity index (χ3n) is 2.73. The van der Waals surface area contributed by atoms with Crippen LogP contribution in [0.5, 0.6) is 0 Å².